The number of aromatic nitrogens is 2. The molecule has 2 fully saturated rings. The van der Waals surface area contributed by atoms with Gasteiger partial charge in [-0.25, -0.2) is 4.79 Å². The lowest BCUT2D eigenvalue weighted by Crippen LogP contribution is -2.43. The van der Waals surface area contributed by atoms with E-state index < -0.39 is 0 Å². The molecule has 1 aromatic heterocycles. The van der Waals surface area contributed by atoms with E-state index in [0.717, 1.165) is 25.9 Å². The molecule has 0 atom stereocenters. The molecule has 1 aromatic rings. The average molecular weight is 354 g/mol. The van der Waals surface area contributed by atoms with Crippen LogP contribution < -0.4 is 5.32 Å². The van der Waals surface area contributed by atoms with Gasteiger partial charge >= 0.3 is 6.03 Å². The van der Waals surface area contributed by atoms with Crippen LogP contribution in [0.5, 0.6) is 0 Å². The van der Waals surface area contributed by atoms with Crippen LogP contribution in [0.4, 0.5) is 10.5 Å². The zero-order valence-electron chi connectivity index (χ0n) is 14.5. The van der Waals surface area contributed by atoms with E-state index in [4.69, 9.17) is 11.6 Å². The summed E-state index contributed by atoms with van der Waals surface area (Å²) in [5, 5.41) is 7.37. The van der Waals surface area contributed by atoms with Crippen molar-refractivity contribution in [2.45, 2.75) is 38.5 Å². The number of carbonyl (C=O) groups is 1. The molecule has 6 nitrogen and oxygen atoms in total. The van der Waals surface area contributed by atoms with Gasteiger partial charge in [-0.1, -0.05) is 24.4 Å². The maximum Gasteiger partial charge on any atom is 0.321 e. The summed E-state index contributed by atoms with van der Waals surface area (Å²) >= 11 is 6.10. The number of anilines is 1. The predicted octanol–water partition coefficient (Wildman–Crippen LogP) is 3.19. The Kier molecular flexibility index (Phi) is 6.00. The Morgan fingerprint density at radius 2 is 1.88 bits per heavy atom. The Morgan fingerprint density at radius 1 is 1.21 bits per heavy atom. The molecule has 0 aliphatic carbocycles. The minimum atomic E-state index is -0.0712. The Morgan fingerprint density at radius 3 is 2.46 bits per heavy atom. The molecule has 0 unspecified atom stereocenters. The van der Waals surface area contributed by atoms with Crippen LogP contribution in [0.15, 0.2) is 6.20 Å². The first-order chi connectivity index (χ1) is 11.6. The topological polar surface area (TPSA) is 53.4 Å². The summed E-state index contributed by atoms with van der Waals surface area (Å²) in [5.41, 5.74) is 0.579. The molecular weight excluding hydrogens is 326 g/mol. The second-order valence-electron chi connectivity index (χ2n) is 7.05. The van der Waals surface area contributed by atoms with Crippen molar-refractivity contribution in [1.82, 2.24) is 19.6 Å². The molecule has 3 heterocycles. The van der Waals surface area contributed by atoms with Gasteiger partial charge in [-0.2, -0.15) is 5.10 Å². The van der Waals surface area contributed by atoms with Gasteiger partial charge in [0.2, 0.25) is 0 Å². The first-order valence-electron chi connectivity index (χ1n) is 9.09. The number of hydrogen-bond acceptors (Lipinski definition) is 3. The molecule has 2 aliphatic rings. The van der Waals surface area contributed by atoms with E-state index in [9.17, 15) is 4.79 Å². The number of urea groups is 1. The van der Waals surface area contributed by atoms with E-state index in [0.29, 0.717) is 16.8 Å². The molecule has 0 radical (unpaired) electrons. The summed E-state index contributed by atoms with van der Waals surface area (Å²) in [6, 6.07) is -0.0712. The molecule has 1 N–H and O–H groups in total. The molecule has 3 rings (SSSR count). The number of amides is 2. The first-order valence-corrected chi connectivity index (χ1v) is 9.47. The molecule has 134 valence electrons. The van der Waals surface area contributed by atoms with Crippen LogP contribution in [0.25, 0.3) is 0 Å². The largest absolute Gasteiger partial charge is 0.325 e. The van der Waals surface area contributed by atoms with E-state index in [1.54, 1.807) is 17.9 Å². The van der Waals surface area contributed by atoms with Gasteiger partial charge in [0.05, 0.1) is 11.9 Å². The highest BCUT2D eigenvalue weighted by molar-refractivity contribution is 6.32. The van der Waals surface area contributed by atoms with E-state index in [-0.39, 0.29) is 6.03 Å². The summed E-state index contributed by atoms with van der Waals surface area (Å²) in [6.07, 6.45) is 9.21. The van der Waals surface area contributed by atoms with Crippen molar-refractivity contribution in [2.24, 2.45) is 13.0 Å². The smallest absolute Gasteiger partial charge is 0.321 e. The number of carbonyl (C=O) groups excluding carboxylic acids is 1. The van der Waals surface area contributed by atoms with Crippen LogP contribution in [-0.2, 0) is 7.05 Å². The minimum absolute atomic E-state index is 0.0712. The summed E-state index contributed by atoms with van der Waals surface area (Å²) in [5.74, 6) is 0.717. The fraction of sp³-hybridized carbons (Fsp3) is 0.765. The molecule has 0 spiro atoms. The summed E-state index contributed by atoms with van der Waals surface area (Å²) in [6.45, 7) is 5.34. The Bertz CT molecular complexity index is 545. The van der Waals surface area contributed by atoms with Crippen LogP contribution in [0, 0.1) is 5.92 Å². The van der Waals surface area contributed by atoms with E-state index in [1.807, 2.05) is 4.90 Å². The molecule has 7 heteroatoms. The Hall–Kier alpha value is -1.27. The lowest BCUT2D eigenvalue weighted by atomic mass is 9.96. The zero-order valence-corrected chi connectivity index (χ0v) is 15.3. The first kappa shape index (κ1) is 17.5. The standard InChI is InChI=1S/C17H28ClN5O/c1-21-16(18)15(12-19-21)20-17(24)23-10-6-14(7-11-23)13-22-8-4-2-3-5-9-22/h12,14H,2-11,13H2,1H3,(H,20,24). The minimum Gasteiger partial charge on any atom is -0.325 e. The van der Waals surface area contributed by atoms with Crippen molar-refractivity contribution in [3.05, 3.63) is 11.3 Å². The van der Waals surface area contributed by atoms with Gasteiger partial charge in [0, 0.05) is 26.7 Å². The second kappa shape index (κ2) is 8.21. The fourth-order valence-electron chi connectivity index (χ4n) is 3.70. The Labute approximate surface area is 149 Å². The lowest BCUT2D eigenvalue weighted by Gasteiger charge is -2.34. The number of rotatable bonds is 3. The number of piperidine rings is 1. The molecule has 2 aliphatic heterocycles. The molecule has 0 aromatic carbocycles. The number of aryl methyl sites for hydroxylation is 1. The van der Waals surface area contributed by atoms with Gasteiger partial charge in [-0.3, -0.25) is 4.68 Å². The van der Waals surface area contributed by atoms with Crippen molar-refractivity contribution in [3.63, 3.8) is 0 Å². The molecular formula is C17H28ClN5O. The monoisotopic (exact) mass is 353 g/mol. The van der Waals surface area contributed by atoms with E-state index in [1.165, 1.54) is 45.3 Å². The zero-order chi connectivity index (χ0) is 16.9. The van der Waals surface area contributed by atoms with E-state index in [2.05, 4.69) is 15.3 Å². The third-order valence-corrected chi connectivity index (χ3v) is 5.67. The summed E-state index contributed by atoms with van der Waals surface area (Å²) in [7, 11) is 1.76. The van der Waals surface area contributed by atoms with Crippen LogP contribution in [0.2, 0.25) is 5.15 Å². The number of nitrogens with one attached hydrogen (secondary N) is 1. The summed E-state index contributed by atoms with van der Waals surface area (Å²) in [4.78, 5) is 16.9. The van der Waals surface area contributed by atoms with Crippen molar-refractivity contribution in [2.75, 3.05) is 38.0 Å². The van der Waals surface area contributed by atoms with Crippen molar-refractivity contribution >= 4 is 23.3 Å². The number of nitrogens with zero attached hydrogens (tertiary/aromatic N) is 4. The number of halogens is 1. The third kappa shape index (κ3) is 4.42. The maximum atomic E-state index is 12.4. The molecule has 0 bridgehead atoms. The van der Waals surface area contributed by atoms with Gasteiger partial charge in [0.1, 0.15) is 5.15 Å². The van der Waals surface area contributed by atoms with Gasteiger partial charge in [-0.05, 0) is 44.7 Å². The van der Waals surface area contributed by atoms with Gasteiger partial charge < -0.3 is 15.1 Å². The fourth-order valence-corrected chi connectivity index (χ4v) is 3.84. The molecule has 24 heavy (non-hydrogen) atoms. The second-order valence-corrected chi connectivity index (χ2v) is 7.41. The van der Waals surface area contributed by atoms with Crippen molar-refractivity contribution in [3.8, 4) is 0 Å². The molecule has 2 saturated heterocycles. The number of likely N-dealkylation sites (tertiary alicyclic amines) is 2. The maximum absolute atomic E-state index is 12.4. The van der Waals surface area contributed by atoms with Crippen LogP contribution in [0.3, 0.4) is 0 Å². The predicted molar refractivity (Wildman–Crippen MR) is 96.4 cm³/mol. The highest BCUT2D eigenvalue weighted by Crippen LogP contribution is 2.23. The number of hydrogen-bond donors (Lipinski definition) is 1. The highest BCUT2D eigenvalue weighted by atomic mass is 35.5. The molecule has 2 amide bonds. The van der Waals surface area contributed by atoms with E-state index >= 15 is 0 Å². The van der Waals surface area contributed by atoms with Crippen molar-refractivity contribution in [1.29, 1.82) is 0 Å². The van der Waals surface area contributed by atoms with Gasteiger partial charge in [0.15, 0.2) is 0 Å². The normalized spacial score (nSPS) is 20.8. The molecule has 0 saturated carbocycles. The SMILES string of the molecule is Cn1ncc(NC(=O)N2CCC(CN3CCCCCC3)CC2)c1Cl. The average Bonchev–Trinajstić information content (AvgIpc) is 2.80. The van der Waals surface area contributed by atoms with Gasteiger partial charge in [-0.15, -0.1) is 0 Å². The van der Waals surface area contributed by atoms with Gasteiger partial charge in [0.25, 0.3) is 0 Å². The summed E-state index contributed by atoms with van der Waals surface area (Å²) < 4.78 is 1.55. The van der Waals surface area contributed by atoms with Crippen LogP contribution >= 0.6 is 11.6 Å². The highest BCUT2D eigenvalue weighted by Gasteiger charge is 2.25. The van der Waals surface area contributed by atoms with Crippen LogP contribution in [0.1, 0.15) is 38.5 Å². The lowest BCUT2D eigenvalue weighted by molar-refractivity contribution is 0.155. The Balaban J connectivity index is 1.44. The van der Waals surface area contributed by atoms with Crippen molar-refractivity contribution < 1.29 is 4.79 Å². The quantitative estimate of drug-likeness (QED) is 0.907. The van der Waals surface area contributed by atoms with Crippen LogP contribution in [-0.4, -0.2) is 58.3 Å². The third-order valence-electron chi connectivity index (χ3n) is 5.22.